The van der Waals surface area contributed by atoms with Crippen LogP contribution in [0.3, 0.4) is 0 Å². The molecule has 1 aromatic carbocycles. The summed E-state index contributed by atoms with van der Waals surface area (Å²) < 4.78 is 6.10. The Morgan fingerprint density at radius 2 is 2.05 bits per heavy atom. The molecule has 1 amide bonds. The quantitative estimate of drug-likeness (QED) is 0.328. The highest BCUT2D eigenvalue weighted by Gasteiger charge is 2.17. The maximum absolute atomic E-state index is 11.7. The molecule has 116 valence electrons. The molecule has 0 aliphatic heterocycles. The van der Waals surface area contributed by atoms with E-state index in [-0.39, 0.29) is 5.91 Å². The van der Waals surface area contributed by atoms with E-state index in [1.54, 1.807) is 13.2 Å². The van der Waals surface area contributed by atoms with Crippen molar-refractivity contribution >= 4 is 12.0 Å². The molecule has 4 heteroatoms. The Balaban J connectivity index is 2.26. The van der Waals surface area contributed by atoms with Gasteiger partial charge in [-0.2, -0.15) is 0 Å². The lowest BCUT2D eigenvalue weighted by Gasteiger charge is -2.32. The number of hydrogen-bond acceptors (Lipinski definition) is 2. The molecule has 1 atom stereocenters. The predicted molar refractivity (Wildman–Crippen MR) is 86.6 cm³/mol. The lowest BCUT2D eigenvalue weighted by atomic mass is 10.2. The first-order chi connectivity index (χ1) is 10.1. The van der Waals surface area contributed by atoms with Gasteiger partial charge < -0.3 is 14.5 Å². The van der Waals surface area contributed by atoms with Crippen molar-refractivity contribution in [1.82, 2.24) is 5.32 Å². The van der Waals surface area contributed by atoms with Gasteiger partial charge in [-0.3, -0.25) is 4.79 Å². The van der Waals surface area contributed by atoms with E-state index in [1.807, 2.05) is 36.4 Å². The smallest absolute Gasteiger partial charge is 0.244 e. The van der Waals surface area contributed by atoms with Crippen LogP contribution >= 0.6 is 0 Å². The second kappa shape index (κ2) is 9.32. The van der Waals surface area contributed by atoms with Crippen LogP contribution in [-0.4, -0.2) is 50.9 Å². The van der Waals surface area contributed by atoms with Crippen LogP contribution in [-0.2, 0) is 9.53 Å². The highest BCUT2D eigenvalue weighted by Crippen LogP contribution is 2.03. The van der Waals surface area contributed by atoms with Crippen molar-refractivity contribution in [3.05, 3.63) is 42.0 Å². The van der Waals surface area contributed by atoms with Gasteiger partial charge in [0.2, 0.25) is 5.91 Å². The highest BCUT2D eigenvalue weighted by atomic mass is 16.5. The number of hydrogen-bond donors (Lipinski definition) is 1. The molecule has 1 rings (SSSR count). The Kier molecular flexibility index (Phi) is 7.72. The van der Waals surface area contributed by atoms with Crippen molar-refractivity contribution in [2.24, 2.45) is 0 Å². The Hall–Kier alpha value is -1.65. The van der Waals surface area contributed by atoms with E-state index >= 15 is 0 Å². The average molecular weight is 291 g/mol. The predicted octanol–water partition coefficient (Wildman–Crippen LogP) is 2.28. The number of amides is 1. The molecule has 0 fully saturated rings. The van der Waals surface area contributed by atoms with Gasteiger partial charge in [0.1, 0.15) is 0 Å². The molecule has 0 aliphatic rings. The zero-order chi connectivity index (χ0) is 15.6. The van der Waals surface area contributed by atoms with E-state index in [2.05, 4.69) is 19.3 Å². The Labute approximate surface area is 128 Å². The molecule has 0 aliphatic carbocycles. The van der Waals surface area contributed by atoms with Crippen molar-refractivity contribution in [2.45, 2.75) is 13.3 Å². The summed E-state index contributed by atoms with van der Waals surface area (Å²) in [6.07, 6.45) is 4.35. The first kappa shape index (κ1) is 17.4. The molecule has 4 nitrogen and oxygen atoms in total. The minimum atomic E-state index is -0.0451. The van der Waals surface area contributed by atoms with Gasteiger partial charge in [-0.1, -0.05) is 30.3 Å². The van der Waals surface area contributed by atoms with Crippen LogP contribution in [0.1, 0.15) is 18.9 Å². The fourth-order valence-electron chi connectivity index (χ4n) is 2.09. The van der Waals surface area contributed by atoms with Crippen LogP contribution in [0, 0.1) is 0 Å². The van der Waals surface area contributed by atoms with E-state index in [0.29, 0.717) is 13.3 Å². The monoisotopic (exact) mass is 291 g/mol. The number of ether oxygens (including phenoxy) is 1. The zero-order valence-corrected chi connectivity index (χ0v) is 13.3. The fraction of sp³-hybridized carbons (Fsp3) is 0.471. The summed E-state index contributed by atoms with van der Waals surface area (Å²) in [5.41, 5.74) is 1.03. The zero-order valence-electron chi connectivity index (χ0n) is 13.3. The van der Waals surface area contributed by atoms with Gasteiger partial charge in [-0.25, -0.2) is 0 Å². The van der Waals surface area contributed by atoms with Gasteiger partial charge in [0.15, 0.2) is 6.73 Å². The third-order valence-corrected chi connectivity index (χ3v) is 3.60. The van der Waals surface area contributed by atoms with Gasteiger partial charge in [-0.15, -0.1) is 0 Å². The van der Waals surface area contributed by atoms with Gasteiger partial charge in [0.05, 0.1) is 20.1 Å². The number of quaternary nitrogens is 1. The Morgan fingerprint density at radius 3 is 2.67 bits per heavy atom. The summed E-state index contributed by atoms with van der Waals surface area (Å²) in [7, 11) is 3.89. The minimum Gasteiger partial charge on any atom is -0.352 e. The number of benzene rings is 1. The third kappa shape index (κ3) is 7.06. The summed E-state index contributed by atoms with van der Waals surface area (Å²) in [5.74, 6) is -0.0451. The third-order valence-electron chi connectivity index (χ3n) is 3.60. The first-order valence-corrected chi connectivity index (χ1v) is 7.43. The lowest BCUT2D eigenvalue weighted by Crippen LogP contribution is -2.46. The maximum atomic E-state index is 11.7. The van der Waals surface area contributed by atoms with E-state index in [1.165, 1.54) is 0 Å². The van der Waals surface area contributed by atoms with Gasteiger partial charge in [-0.05, 0) is 18.6 Å². The van der Waals surface area contributed by atoms with Crippen LogP contribution in [0.2, 0.25) is 0 Å². The summed E-state index contributed by atoms with van der Waals surface area (Å²) in [5, 5.41) is 2.92. The van der Waals surface area contributed by atoms with Gasteiger partial charge in [0, 0.05) is 26.2 Å². The molecule has 0 heterocycles. The van der Waals surface area contributed by atoms with Crippen LogP contribution in [0.5, 0.6) is 0 Å². The van der Waals surface area contributed by atoms with Gasteiger partial charge >= 0.3 is 0 Å². The fourth-order valence-corrected chi connectivity index (χ4v) is 2.09. The number of carbonyl (C=O) groups excluding carboxylic acids is 1. The second-order valence-electron chi connectivity index (χ2n) is 5.47. The van der Waals surface area contributed by atoms with Crippen molar-refractivity contribution in [3.8, 4) is 0 Å². The Bertz CT molecular complexity index is 445. The van der Waals surface area contributed by atoms with E-state index in [4.69, 9.17) is 4.74 Å². The standard InChI is InChI=1S/C17H26N2O2/c1-4-19(2,15-21-3)14-8-13-18-17(20)12-11-16-9-6-5-7-10-16/h5-7,9-12H,4,8,13-15H2,1-3H3/p+1. The molecule has 21 heavy (non-hydrogen) atoms. The van der Waals surface area contributed by atoms with Crippen LogP contribution in [0.15, 0.2) is 36.4 Å². The summed E-state index contributed by atoms with van der Waals surface area (Å²) >= 11 is 0. The molecular weight excluding hydrogens is 264 g/mol. The molecule has 1 aromatic rings. The van der Waals surface area contributed by atoms with E-state index in [0.717, 1.165) is 29.6 Å². The SMILES string of the molecule is CC[N+](C)(CCCNC(=O)C=Cc1ccccc1)COC. The number of methoxy groups -OCH3 is 1. The number of nitrogens with one attached hydrogen (secondary N) is 1. The molecule has 0 bridgehead atoms. The first-order valence-electron chi connectivity index (χ1n) is 7.43. The van der Waals surface area contributed by atoms with Crippen LogP contribution in [0.4, 0.5) is 0 Å². The summed E-state index contributed by atoms with van der Waals surface area (Å²) in [6, 6.07) is 9.81. The van der Waals surface area contributed by atoms with Crippen LogP contribution in [0.25, 0.3) is 6.08 Å². The minimum absolute atomic E-state index is 0.0451. The second-order valence-corrected chi connectivity index (χ2v) is 5.47. The largest absolute Gasteiger partial charge is 0.352 e. The number of carbonyl (C=O) groups is 1. The van der Waals surface area contributed by atoms with Crippen molar-refractivity contribution in [3.63, 3.8) is 0 Å². The molecule has 1 unspecified atom stereocenters. The maximum Gasteiger partial charge on any atom is 0.244 e. The number of nitrogens with zero attached hydrogens (tertiary/aromatic N) is 1. The normalized spacial score (nSPS) is 14.0. The van der Waals surface area contributed by atoms with Gasteiger partial charge in [0.25, 0.3) is 0 Å². The number of rotatable bonds is 9. The van der Waals surface area contributed by atoms with Crippen molar-refractivity contribution in [2.75, 3.05) is 40.5 Å². The van der Waals surface area contributed by atoms with Crippen molar-refractivity contribution in [1.29, 1.82) is 0 Å². The highest BCUT2D eigenvalue weighted by molar-refractivity contribution is 5.91. The van der Waals surface area contributed by atoms with Crippen LogP contribution < -0.4 is 5.32 Å². The average Bonchev–Trinajstić information content (AvgIpc) is 2.51. The molecule has 0 saturated carbocycles. The molecule has 0 aromatic heterocycles. The lowest BCUT2D eigenvalue weighted by molar-refractivity contribution is -0.925. The topological polar surface area (TPSA) is 38.3 Å². The van der Waals surface area contributed by atoms with E-state index < -0.39 is 0 Å². The molecule has 0 radical (unpaired) electrons. The van der Waals surface area contributed by atoms with E-state index in [9.17, 15) is 4.79 Å². The molecule has 1 N–H and O–H groups in total. The summed E-state index contributed by atoms with van der Waals surface area (Å²) in [4.78, 5) is 11.7. The molecule has 0 saturated heterocycles. The molecular formula is C17H27N2O2+. The molecule has 0 spiro atoms. The summed E-state index contributed by atoms with van der Waals surface area (Å²) in [6.45, 7) is 5.57. The Morgan fingerprint density at radius 1 is 1.33 bits per heavy atom. The van der Waals surface area contributed by atoms with Crippen molar-refractivity contribution < 1.29 is 14.0 Å².